The van der Waals surface area contributed by atoms with Gasteiger partial charge in [0.15, 0.2) is 0 Å². The largest absolute Gasteiger partial charge is 0.271 e. The maximum atomic E-state index is 5.65. The minimum atomic E-state index is 0.176. The number of hydrogen-bond acceptors (Lipinski definition) is 4. The van der Waals surface area contributed by atoms with Gasteiger partial charge < -0.3 is 0 Å². The molecule has 0 spiro atoms. The molecule has 0 amide bonds. The van der Waals surface area contributed by atoms with E-state index in [9.17, 15) is 0 Å². The molecule has 17 heavy (non-hydrogen) atoms. The molecule has 3 N–H and O–H groups in total. The van der Waals surface area contributed by atoms with E-state index in [1.807, 2.05) is 0 Å². The standard InChI is InChI=1S/C11H12Br2N2S2/c1-6-4-9(17-11(6)13)8(15-14)5-7-2-3-10(12)16-7/h2-4,8,15H,5,14H2,1H3. The lowest BCUT2D eigenvalue weighted by Crippen LogP contribution is -2.28. The van der Waals surface area contributed by atoms with Crippen molar-refractivity contribution in [3.05, 3.63) is 41.1 Å². The summed E-state index contributed by atoms with van der Waals surface area (Å²) in [6.45, 7) is 2.10. The van der Waals surface area contributed by atoms with Crippen LogP contribution in [0.5, 0.6) is 0 Å². The molecule has 2 rings (SSSR count). The molecule has 0 aliphatic carbocycles. The van der Waals surface area contributed by atoms with Gasteiger partial charge in [-0.15, -0.1) is 22.7 Å². The van der Waals surface area contributed by atoms with Gasteiger partial charge in [0.2, 0.25) is 0 Å². The van der Waals surface area contributed by atoms with Crippen molar-refractivity contribution in [3.63, 3.8) is 0 Å². The lowest BCUT2D eigenvalue weighted by atomic mass is 10.1. The van der Waals surface area contributed by atoms with E-state index in [4.69, 9.17) is 5.84 Å². The van der Waals surface area contributed by atoms with Crippen molar-refractivity contribution in [2.45, 2.75) is 19.4 Å². The summed E-state index contributed by atoms with van der Waals surface area (Å²) in [6, 6.07) is 6.57. The van der Waals surface area contributed by atoms with Crippen LogP contribution in [0.1, 0.15) is 21.4 Å². The topological polar surface area (TPSA) is 38.0 Å². The van der Waals surface area contributed by atoms with Gasteiger partial charge in [-0.2, -0.15) is 0 Å². The van der Waals surface area contributed by atoms with Crippen molar-refractivity contribution in [1.82, 2.24) is 5.43 Å². The van der Waals surface area contributed by atoms with Crippen LogP contribution >= 0.6 is 54.5 Å². The van der Waals surface area contributed by atoms with Crippen molar-refractivity contribution < 1.29 is 0 Å². The molecule has 2 aromatic heterocycles. The Kier molecular flexibility index (Phi) is 4.80. The summed E-state index contributed by atoms with van der Waals surface area (Å²) in [5.41, 5.74) is 4.16. The van der Waals surface area contributed by atoms with Crippen LogP contribution < -0.4 is 11.3 Å². The summed E-state index contributed by atoms with van der Waals surface area (Å²) >= 11 is 10.5. The zero-order valence-corrected chi connectivity index (χ0v) is 14.0. The fraction of sp³-hybridized carbons (Fsp3) is 0.273. The Labute approximate surface area is 125 Å². The normalized spacial score (nSPS) is 12.9. The predicted molar refractivity (Wildman–Crippen MR) is 82.5 cm³/mol. The number of rotatable bonds is 4. The van der Waals surface area contributed by atoms with Crippen LogP contribution in [-0.2, 0) is 6.42 Å². The van der Waals surface area contributed by atoms with Gasteiger partial charge in [-0.05, 0) is 62.5 Å². The van der Waals surface area contributed by atoms with Crippen molar-refractivity contribution >= 4 is 54.5 Å². The van der Waals surface area contributed by atoms with E-state index >= 15 is 0 Å². The Bertz CT molecular complexity index is 488. The molecule has 2 aromatic rings. The molecule has 0 saturated carbocycles. The van der Waals surface area contributed by atoms with Gasteiger partial charge in [0, 0.05) is 16.2 Å². The third kappa shape index (κ3) is 3.39. The number of nitrogens with two attached hydrogens (primary N) is 1. The number of hydrazine groups is 1. The van der Waals surface area contributed by atoms with Crippen LogP contribution in [-0.4, -0.2) is 0 Å². The molecule has 0 aliphatic rings. The summed E-state index contributed by atoms with van der Waals surface area (Å²) in [5, 5.41) is 0. The van der Waals surface area contributed by atoms with E-state index in [1.165, 1.54) is 19.1 Å². The molecule has 92 valence electrons. The molecule has 2 nitrogen and oxygen atoms in total. The third-order valence-corrected chi connectivity index (χ3v) is 6.35. The second-order valence-corrected chi connectivity index (χ2v) is 8.68. The summed E-state index contributed by atoms with van der Waals surface area (Å²) in [6.07, 6.45) is 0.916. The maximum absolute atomic E-state index is 5.65. The average molecular weight is 396 g/mol. The SMILES string of the molecule is Cc1cc(C(Cc2ccc(Br)s2)NN)sc1Br. The average Bonchev–Trinajstić information content (AvgIpc) is 2.83. The first-order chi connectivity index (χ1) is 8.10. The zero-order valence-electron chi connectivity index (χ0n) is 9.17. The highest BCUT2D eigenvalue weighted by molar-refractivity contribution is 9.11. The molecule has 0 saturated heterocycles. The van der Waals surface area contributed by atoms with Crippen molar-refractivity contribution in [2.24, 2.45) is 5.84 Å². The molecule has 0 fully saturated rings. The van der Waals surface area contributed by atoms with E-state index in [1.54, 1.807) is 22.7 Å². The number of halogens is 2. The van der Waals surface area contributed by atoms with Crippen LogP contribution in [0.25, 0.3) is 0 Å². The number of hydrogen-bond donors (Lipinski definition) is 2. The highest BCUT2D eigenvalue weighted by Crippen LogP contribution is 2.34. The third-order valence-electron chi connectivity index (χ3n) is 2.46. The summed E-state index contributed by atoms with van der Waals surface area (Å²) < 4.78 is 2.34. The van der Waals surface area contributed by atoms with Gasteiger partial charge in [-0.3, -0.25) is 11.3 Å². The van der Waals surface area contributed by atoms with E-state index in [0.717, 1.165) is 10.2 Å². The summed E-state index contributed by atoms with van der Waals surface area (Å²) in [4.78, 5) is 2.59. The van der Waals surface area contributed by atoms with Gasteiger partial charge in [-0.25, -0.2) is 0 Å². The van der Waals surface area contributed by atoms with Crippen molar-refractivity contribution in [1.29, 1.82) is 0 Å². The van der Waals surface area contributed by atoms with Crippen LogP contribution in [0.4, 0.5) is 0 Å². The van der Waals surface area contributed by atoms with Gasteiger partial charge >= 0.3 is 0 Å². The number of aryl methyl sites for hydroxylation is 1. The van der Waals surface area contributed by atoms with Crippen molar-refractivity contribution in [3.8, 4) is 0 Å². The fourth-order valence-electron chi connectivity index (χ4n) is 1.56. The van der Waals surface area contributed by atoms with Gasteiger partial charge in [0.1, 0.15) is 0 Å². The molecule has 0 radical (unpaired) electrons. The van der Waals surface area contributed by atoms with Crippen LogP contribution in [0.2, 0.25) is 0 Å². The van der Waals surface area contributed by atoms with Gasteiger partial charge in [-0.1, -0.05) is 0 Å². The predicted octanol–water partition coefficient (Wildman–Crippen LogP) is 4.39. The van der Waals surface area contributed by atoms with Crippen LogP contribution in [0.15, 0.2) is 25.8 Å². The van der Waals surface area contributed by atoms with Crippen LogP contribution in [0, 0.1) is 6.92 Å². The minimum Gasteiger partial charge on any atom is -0.271 e. The molecular formula is C11H12Br2N2S2. The van der Waals surface area contributed by atoms with E-state index in [-0.39, 0.29) is 6.04 Å². The Morgan fingerprint density at radius 1 is 1.35 bits per heavy atom. The highest BCUT2D eigenvalue weighted by atomic mass is 79.9. The molecule has 2 heterocycles. The molecule has 0 aliphatic heterocycles. The first kappa shape index (κ1) is 13.7. The monoisotopic (exact) mass is 394 g/mol. The minimum absolute atomic E-state index is 0.176. The lowest BCUT2D eigenvalue weighted by molar-refractivity contribution is 0.564. The Hall–Kier alpha value is 0.280. The summed E-state index contributed by atoms with van der Waals surface area (Å²) in [7, 11) is 0. The molecule has 0 bridgehead atoms. The first-order valence-electron chi connectivity index (χ1n) is 5.06. The van der Waals surface area contributed by atoms with E-state index < -0.39 is 0 Å². The summed E-state index contributed by atoms with van der Waals surface area (Å²) in [5.74, 6) is 5.65. The second-order valence-electron chi connectivity index (χ2n) is 3.73. The molecule has 1 unspecified atom stereocenters. The number of thiophene rings is 2. The van der Waals surface area contributed by atoms with E-state index in [2.05, 4.69) is 62.4 Å². The number of nitrogens with one attached hydrogen (secondary N) is 1. The molecular weight excluding hydrogens is 384 g/mol. The van der Waals surface area contributed by atoms with Gasteiger partial charge in [0.05, 0.1) is 13.6 Å². The van der Waals surface area contributed by atoms with Gasteiger partial charge in [0.25, 0.3) is 0 Å². The fourth-order valence-corrected chi connectivity index (χ4v) is 4.72. The highest BCUT2D eigenvalue weighted by Gasteiger charge is 2.15. The maximum Gasteiger partial charge on any atom is 0.0731 e. The van der Waals surface area contributed by atoms with Crippen molar-refractivity contribution in [2.75, 3.05) is 0 Å². The Morgan fingerprint density at radius 2 is 2.12 bits per heavy atom. The Balaban J connectivity index is 2.16. The zero-order chi connectivity index (χ0) is 12.4. The lowest BCUT2D eigenvalue weighted by Gasteiger charge is -2.12. The molecule has 6 heteroatoms. The quantitative estimate of drug-likeness (QED) is 0.595. The smallest absolute Gasteiger partial charge is 0.0731 e. The molecule has 0 aromatic carbocycles. The Morgan fingerprint density at radius 3 is 2.59 bits per heavy atom. The molecule has 1 atom stereocenters. The first-order valence-corrected chi connectivity index (χ1v) is 8.28. The van der Waals surface area contributed by atoms with E-state index in [0.29, 0.717) is 0 Å². The van der Waals surface area contributed by atoms with Crippen LogP contribution in [0.3, 0.4) is 0 Å². The second kappa shape index (κ2) is 5.95.